The SMILES string of the molecule is O=C(CN(Cc1c(F)cccc1Cl)S(=O)(=O)c1ccc(Cl)cc1)N1CCOc2ccccc21. The number of fused-ring (bicyclic) bond motifs is 1. The van der Waals surface area contributed by atoms with Crippen LogP contribution >= 0.6 is 23.2 Å². The predicted molar refractivity (Wildman–Crippen MR) is 125 cm³/mol. The third-order valence-corrected chi connectivity index (χ3v) is 7.60. The molecule has 0 radical (unpaired) electrons. The first-order valence-electron chi connectivity index (χ1n) is 9.98. The Morgan fingerprint density at radius 2 is 1.76 bits per heavy atom. The molecule has 0 atom stereocenters. The molecule has 0 N–H and O–H groups in total. The largest absolute Gasteiger partial charge is 0.490 e. The van der Waals surface area contributed by atoms with Gasteiger partial charge in [0, 0.05) is 22.2 Å². The van der Waals surface area contributed by atoms with E-state index in [-0.39, 0.29) is 28.6 Å². The zero-order valence-corrected chi connectivity index (χ0v) is 19.6. The van der Waals surface area contributed by atoms with E-state index in [1.807, 2.05) is 0 Å². The first kappa shape index (κ1) is 23.5. The van der Waals surface area contributed by atoms with E-state index in [0.717, 1.165) is 4.31 Å². The summed E-state index contributed by atoms with van der Waals surface area (Å²) in [6.45, 7) is -0.422. The number of carbonyl (C=O) groups is 1. The van der Waals surface area contributed by atoms with Gasteiger partial charge in [-0.25, -0.2) is 12.8 Å². The number of anilines is 1. The molecular formula is C23H19Cl2FN2O4S. The van der Waals surface area contributed by atoms with Gasteiger partial charge in [-0.15, -0.1) is 0 Å². The van der Waals surface area contributed by atoms with Gasteiger partial charge < -0.3 is 9.64 Å². The quantitative estimate of drug-likeness (QED) is 0.481. The third-order valence-electron chi connectivity index (χ3n) is 5.19. The summed E-state index contributed by atoms with van der Waals surface area (Å²) >= 11 is 12.1. The molecule has 0 aliphatic carbocycles. The Morgan fingerprint density at radius 3 is 2.48 bits per heavy atom. The van der Waals surface area contributed by atoms with Crippen LogP contribution in [-0.2, 0) is 21.4 Å². The highest BCUT2D eigenvalue weighted by molar-refractivity contribution is 7.89. The molecule has 0 spiro atoms. The van der Waals surface area contributed by atoms with E-state index in [1.54, 1.807) is 24.3 Å². The molecule has 0 bridgehead atoms. The molecular weight excluding hydrogens is 490 g/mol. The zero-order chi connectivity index (χ0) is 23.6. The van der Waals surface area contributed by atoms with Crippen molar-refractivity contribution in [2.45, 2.75) is 11.4 Å². The lowest BCUT2D eigenvalue weighted by molar-refractivity contribution is -0.119. The molecule has 4 rings (SSSR count). The summed E-state index contributed by atoms with van der Waals surface area (Å²) < 4.78 is 47.9. The molecule has 0 saturated carbocycles. The Morgan fingerprint density at radius 1 is 1.03 bits per heavy atom. The first-order chi connectivity index (χ1) is 15.8. The Bertz CT molecular complexity index is 1270. The number of benzene rings is 3. The van der Waals surface area contributed by atoms with Crippen molar-refractivity contribution >= 4 is 44.8 Å². The van der Waals surface area contributed by atoms with E-state index in [2.05, 4.69) is 0 Å². The van der Waals surface area contributed by atoms with Crippen LogP contribution in [-0.4, -0.2) is 38.3 Å². The fourth-order valence-electron chi connectivity index (χ4n) is 3.51. The standard InChI is InChI=1S/C23H19Cl2FN2O4S/c24-16-8-10-17(11-9-16)33(30,31)27(14-18-19(25)4-3-5-20(18)26)15-23(29)28-12-13-32-22-7-2-1-6-21(22)28/h1-11H,12-15H2. The molecule has 0 saturated heterocycles. The van der Waals surface area contributed by atoms with Crippen molar-refractivity contribution < 1.29 is 22.3 Å². The van der Waals surface area contributed by atoms with Gasteiger partial charge in [0.1, 0.15) is 18.2 Å². The summed E-state index contributed by atoms with van der Waals surface area (Å²) in [6, 6.07) is 16.6. The smallest absolute Gasteiger partial charge is 0.243 e. The van der Waals surface area contributed by atoms with Crippen molar-refractivity contribution in [3.05, 3.63) is 88.2 Å². The molecule has 1 aliphatic rings. The summed E-state index contributed by atoms with van der Waals surface area (Å²) in [4.78, 5) is 14.7. The van der Waals surface area contributed by atoms with Crippen LogP contribution in [0.3, 0.4) is 0 Å². The fraction of sp³-hybridized carbons (Fsp3) is 0.174. The summed E-state index contributed by atoms with van der Waals surface area (Å²) in [5.41, 5.74) is 0.522. The normalized spacial score (nSPS) is 13.5. The van der Waals surface area contributed by atoms with Crippen LogP contribution in [0.4, 0.5) is 10.1 Å². The molecule has 3 aromatic rings. The van der Waals surface area contributed by atoms with E-state index < -0.39 is 34.8 Å². The van der Waals surface area contributed by atoms with Crippen LogP contribution in [0.25, 0.3) is 0 Å². The lowest BCUT2D eigenvalue weighted by Gasteiger charge is -2.31. The maximum Gasteiger partial charge on any atom is 0.243 e. The van der Waals surface area contributed by atoms with Gasteiger partial charge in [0.2, 0.25) is 15.9 Å². The number of ether oxygens (including phenoxy) is 1. The third kappa shape index (κ3) is 4.99. The van der Waals surface area contributed by atoms with Gasteiger partial charge in [0.15, 0.2) is 0 Å². The van der Waals surface area contributed by atoms with E-state index in [1.165, 1.54) is 47.4 Å². The number of nitrogens with zero attached hydrogens (tertiary/aromatic N) is 2. The van der Waals surface area contributed by atoms with Gasteiger partial charge in [-0.1, -0.05) is 41.4 Å². The number of para-hydroxylation sites is 2. The number of halogens is 3. The highest BCUT2D eigenvalue weighted by Gasteiger charge is 2.32. The van der Waals surface area contributed by atoms with E-state index >= 15 is 0 Å². The summed E-state index contributed by atoms with van der Waals surface area (Å²) in [5, 5.41) is 0.425. The van der Waals surface area contributed by atoms with E-state index in [4.69, 9.17) is 27.9 Å². The molecule has 1 heterocycles. The Hall–Kier alpha value is -2.65. The molecule has 1 amide bonds. The molecule has 3 aromatic carbocycles. The average Bonchev–Trinajstić information content (AvgIpc) is 2.80. The minimum Gasteiger partial charge on any atom is -0.490 e. The van der Waals surface area contributed by atoms with Gasteiger partial charge in [-0.2, -0.15) is 4.31 Å². The average molecular weight is 509 g/mol. The molecule has 1 aliphatic heterocycles. The molecule has 172 valence electrons. The maximum atomic E-state index is 14.5. The Kier molecular flexibility index (Phi) is 6.90. The molecule has 0 fully saturated rings. The Balaban J connectivity index is 1.70. The van der Waals surface area contributed by atoms with E-state index in [9.17, 15) is 17.6 Å². The molecule has 33 heavy (non-hydrogen) atoms. The molecule has 0 unspecified atom stereocenters. The topological polar surface area (TPSA) is 66.9 Å². The van der Waals surface area contributed by atoms with Crippen molar-refractivity contribution in [2.24, 2.45) is 0 Å². The van der Waals surface area contributed by atoms with Gasteiger partial charge in [-0.3, -0.25) is 4.79 Å². The fourth-order valence-corrected chi connectivity index (χ4v) is 5.21. The summed E-state index contributed by atoms with van der Waals surface area (Å²) in [6.07, 6.45) is 0. The van der Waals surface area contributed by atoms with Crippen LogP contribution < -0.4 is 9.64 Å². The summed E-state index contributed by atoms with van der Waals surface area (Å²) in [5.74, 6) is -0.611. The second kappa shape index (κ2) is 9.69. The number of amides is 1. The maximum absolute atomic E-state index is 14.5. The monoisotopic (exact) mass is 508 g/mol. The second-order valence-corrected chi connectivity index (χ2v) is 10.1. The minimum atomic E-state index is -4.19. The lowest BCUT2D eigenvalue weighted by Crippen LogP contribution is -2.45. The van der Waals surface area contributed by atoms with Crippen molar-refractivity contribution in [3.8, 4) is 5.75 Å². The predicted octanol–water partition coefficient (Wildman–Crippen LogP) is 4.75. The van der Waals surface area contributed by atoms with Crippen molar-refractivity contribution in [1.82, 2.24) is 4.31 Å². The van der Waals surface area contributed by atoms with Crippen LogP contribution in [0.15, 0.2) is 71.6 Å². The van der Waals surface area contributed by atoms with Crippen LogP contribution in [0.2, 0.25) is 10.0 Å². The molecule has 10 heteroatoms. The number of sulfonamides is 1. The molecule has 6 nitrogen and oxygen atoms in total. The highest BCUT2D eigenvalue weighted by Crippen LogP contribution is 2.32. The minimum absolute atomic E-state index is 0.0214. The number of hydrogen-bond acceptors (Lipinski definition) is 4. The van der Waals surface area contributed by atoms with Crippen LogP contribution in [0.5, 0.6) is 5.75 Å². The molecule has 0 aromatic heterocycles. The number of carbonyl (C=O) groups excluding carboxylic acids is 1. The van der Waals surface area contributed by atoms with E-state index in [0.29, 0.717) is 16.5 Å². The van der Waals surface area contributed by atoms with Crippen molar-refractivity contribution in [1.29, 1.82) is 0 Å². The number of rotatable bonds is 6. The zero-order valence-electron chi connectivity index (χ0n) is 17.2. The van der Waals surface area contributed by atoms with Gasteiger partial charge in [-0.05, 0) is 48.5 Å². The second-order valence-electron chi connectivity index (χ2n) is 7.29. The van der Waals surface area contributed by atoms with Gasteiger partial charge in [0.25, 0.3) is 0 Å². The number of hydrogen-bond donors (Lipinski definition) is 0. The van der Waals surface area contributed by atoms with Gasteiger partial charge in [0.05, 0.1) is 23.7 Å². The summed E-state index contributed by atoms with van der Waals surface area (Å²) in [7, 11) is -4.19. The lowest BCUT2D eigenvalue weighted by atomic mass is 10.2. The van der Waals surface area contributed by atoms with Crippen molar-refractivity contribution in [2.75, 3.05) is 24.6 Å². The van der Waals surface area contributed by atoms with Gasteiger partial charge >= 0.3 is 0 Å². The van der Waals surface area contributed by atoms with Crippen LogP contribution in [0, 0.1) is 5.82 Å². The first-order valence-corrected chi connectivity index (χ1v) is 12.2. The Labute approximate surface area is 201 Å². The van der Waals surface area contributed by atoms with Crippen molar-refractivity contribution in [3.63, 3.8) is 0 Å². The van der Waals surface area contributed by atoms with Crippen LogP contribution in [0.1, 0.15) is 5.56 Å². The highest BCUT2D eigenvalue weighted by atomic mass is 35.5.